The summed E-state index contributed by atoms with van der Waals surface area (Å²) >= 11 is 0. The number of carbonyl (C=O) groups is 1. The van der Waals surface area contributed by atoms with E-state index < -0.39 is 16.1 Å². The Hall–Kier alpha value is -7.84. The van der Waals surface area contributed by atoms with Gasteiger partial charge >= 0.3 is 0 Å². The predicted octanol–water partition coefficient (Wildman–Crippen LogP) is 7.80. The molecule has 0 fully saturated rings. The maximum absolute atomic E-state index is 15.9. The lowest BCUT2D eigenvalue weighted by molar-refractivity contribution is 0.103. The maximum atomic E-state index is 15.9. The molecule has 2 aromatic heterocycles. The number of hydrogen-bond acceptors (Lipinski definition) is 3. The zero-order valence-corrected chi connectivity index (χ0v) is 37.2. The largest absolute Gasteiger partial charge is 0.285 e. The summed E-state index contributed by atoms with van der Waals surface area (Å²) in [4.78, 5) is 26.5. The molecule has 10 rings (SSSR count). The van der Waals surface area contributed by atoms with Gasteiger partial charge in [0.1, 0.15) is 11.4 Å². The van der Waals surface area contributed by atoms with E-state index in [-0.39, 0.29) is 5.78 Å². The Morgan fingerprint density at radius 1 is 0.266 bits per heavy atom. The minimum absolute atomic E-state index is 0.229. The molecule has 2 heterocycles. The standard InChI is InChI=1S/C59H44N2OSi2/c62-59(57-43-53(41-55(60-57)45-25-9-1-10-26-45)63(47-29-13-3-14-30-47,48-31-15-4-16-32-48)49-33-17-5-18-34-49)58-44-54(42-56(61-58)46-27-11-2-12-28-46)64(50-35-19-6-20-36-50,51-37-21-7-22-38-51)52-39-23-8-24-40-52/h1-44H. The smallest absolute Gasteiger partial charge is 0.229 e. The van der Waals surface area contributed by atoms with Crippen molar-refractivity contribution in [3.05, 3.63) is 278 Å². The first-order chi connectivity index (χ1) is 31.7. The number of carbonyl (C=O) groups excluding carboxylic acids is 1. The van der Waals surface area contributed by atoms with E-state index in [1.165, 1.54) is 31.1 Å². The van der Waals surface area contributed by atoms with Crippen LogP contribution in [0.4, 0.5) is 0 Å². The highest BCUT2D eigenvalue weighted by Crippen LogP contribution is 2.23. The van der Waals surface area contributed by atoms with Crippen LogP contribution in [0.2, 0.25) is 0 Å². The lowest BCUT2D eigenvalue weighted by Gasteiger charge is -2.35. The van der Waals surface area contributed by atoms with Gasteiger partial charge in [0.15, 0.2) is 16.1 Å². The number of pyridine rings is 2. The third kappa shape index (κ3) is 7.37. The Kier molecular flexibility index (Phi) is 11.2. The molecule has 0 aliphatic heterocycles. The fourth-order valence-electron chi connectivity index (χ4n) is 9.50. The average molecular weight is 853 g/mol. The molecule has 0 amide bonds. The van der Waals surface area contributed by atoms with Crippen molar-refractivity contribution in [1.82, 2.24) is 9.97 Å². The molecule has 0 unspecified atom stereocenters. The highest BCUT2D eigenvalue weighted by Gasteiger charge is 2.44. The summed E-state index contributed by atoms with van der Waals surface area (Å²) in [6.07, 6.45) is 0. The normalized spacial score (nSPS) is 11.5. The first-order valence-corrected chi connectivity index (χ1v) is 25.7. The van der Waals surface area contributed by atoms with Crippen LogP contribution in [0.3, 0.4) is 0 Å². The van der Waals surface area contributed by atoms with Crippen LogP contribution in [0.25, 0.3) is 22.5 Å². The van der Waals surface area contributed by atoms with Crippen molar-refractivity contribution in [3.63, 3.8) is 0 Å². The molecule has 8 aromatic carbocycles. The molecule has 304 valence electrons. The van der Waals surface area contributed by atoms with Gasteiger partial charge in [-0.15, -0.1) is 0 Å². The molecule has 0 radical (unpaired) electrons. The Labute approximate surface area is 377 Å². The monoisotopic (exact) mass is 852 g/mol. The number of ketones is 1. The highest BCUT2D eigenvalue weighted by molar-refractivity contribution is 7.20. The van der Waals surface area contributed by atoms with Gasteiger partial charge in [-0.2, -0.15) is 0 Å². The average Bonchev–Trinajstić information content (AvgIpc) is 3.39. The lowest BCUT2D eigenvalue weighted by Crippen LogP contribution is -2.75. The van der Waals surface area contributed by atoms with E-state index in [1.54, 1.807) is 0 Å². The van der Waals surface area contributed by atoms with Crippen LogP contribution < -0.4 is 41.5 Å². The topological polar surface area (TPSA) is 42.9 Å². The van der Waals surface area contributed by atoms with Crippen LogP contribution in [-0.2, 0) is 0 Å². The highest BCUT2D eigenvalue weighted by atomic mass is 28.3. The molecule has 0 atom stereocenters. The lowest BCUT2D eigenvalue weighted by atomic mass is 10.1. The Bertz CT molecular complexity index is 2730. The summed E-state index contributed by atoms with van der Waals surface area (Å²) in [7, 11) is -6.17. The fraction of sp³-hybridized carbons (Fsp3) is 0. The van der Waals surface area contributed by atoms with Crippen molar-refractivity contribution < 1.29 is 4.79 Å². The van der Waals surface area contributed by atoms with Crippen LogP contribution in [0.5, 0.6) is 0 Å². The molecular weight excluding hydrogens is 809 g/mol. The number of nitrogens with zero attached hydrogens (tertiary/aromatic N) is 2. The van der Waals surface area contributed by atoms with Gasteiger partial charge in [0, 0.05) is 11.1 Å². The van der Waals surface area contributed by atoms with E-state index in [9.17, 15) is 0 Å². The molecule has 0 aliphatic carbocycles. The van der Waals surface area contributed by atoms with Gasteiger partial charge in [0.25, 0.3) is 0 Å². The second-order valence-corrected chi connectivity index (χ2v) is 23.6. The Morgan fingerprint density at radius 2 is 0.484 bits per heavy atom. The molecule has 3 nitrogen and oxygen atoms in total. The zero-order valence-electron chi connectivity index (χ0n) is 35.2. The summed E-state index contributed by atoms with van der Waals surface area (Å²) < 4.78 is 0. The van der Waals surface area contributed by atoms with Gasteiger partial charge in [-0.3, -0.25) is 4.79 Å². The summed E-state index contributed by atoms with van der Waals surface area (Å²) in [5, 5.41) is 9.42. The molecule has 0 spiro atoms. The summed E-state index contributed by atoms with van der Waals surface area (Å²) in [5.41, 5.74) is 4.05. The first kappa shape index (κ1) is 40.2. The van der Waals surface area contributed by atoms with Crippen LogP contribution in [0, 0.1) is 0 Å². The summed E-state index contributed by atoms with van der Waals surface area (Å²) in [5.74, 6) is -0.229. The molecule has 0 saturated carbocycles. The number of benzene rings is 8. The molecule has 0 bridgehead atoms. The van der Waals surface area contributed by atoms with Crippen molar-refractivity contribution in [3.8, 4) is 22.5 Å². The minimum atomic E-state index is -3.08. The zero-order chi connectivity index (χ0) is 43.2. The molecule has 0 saturated heterocycles. The first-order valence-electron chi connectivity index (χ1n) is 21.7. The Balaban J connectivity index is 1.28. The number of hydrogen-bond donors (Lipinski definition) is 0. The van der Waals surface area contributed by atoms with E-state index in [0.29, 0.717) is 11.4 Å². The third-order valence-electron chi connectivity index (χ3n) is 12.4. The van der Waals surface area contributed by atoms with Crippen LogP contribution in [-0.4, -0.2) is 31.9 Å². The van der Waals surface area contributed by atoms with Crippen LogP contribution in [0.15, 0.2) is 267 Å². The second-order valence-electron chi connectivity index (χ2n) is 16.0. The minimum Gasteiger partial charge on any atom is -0.285 e. The Morgan fingerprint density at radius 3 is 0.719 bits per heavy atom. The van der Waals surface area contributed by atoms with Gasteiger partial charge in [0.05, 0.1) is 11.4 Å². The molecule has 5 heteroatoms. The molecule has 10 aromatic rings. The summed E-state index contributed by atoms with van der Waals surface area (Å²) in [6.45, 7) is 0. The molecule has 0 N–H and O–H groups in total. The van der Waals surface area contributed by atoms with E-state index in [2.05, 4.69) is 231 Å². The third-order valence-corrected chi connectivity index (χ3v) is 21.9. The molecular formula is C59H44N2OSi2. The van der Waals surface area contributed by atoms with Gasteiger partial charge in [-0.1, -0.05) is 243 Å². The SMILES string of the molecule is O=C(c1cc([Si](c2ccccc2)(c2ccccc2)c2ccccc2)cc(-c2ccccc2)n1)c1cc([Si](c2ccccc2)(c2ccccc2)c2ccccc2)cc(-c2ccccc2)n1. The van der Waals surface area contributed by atoms with Gasteiger partial charge in [-0.25, -0.2) is 9.97 Å². The number of rotatable bonds is 12. The van der Waals surface area contributed by atoms with E-state index in [0.717, 1.165) is 32.9 Å². The van der Waals surface area contributed by atoms with Crippen molar-refractivity contribution in [1.29, 1.82) is 0 Å². The van der Waals surface area contributed by atoms with Crippen molar-refractivity contribution in [2.45, 2.75) is 0 Å². The predicted molar refractivity (Wildman–Crippen MR) is 270 cm³/mol. The summed E-state index contributed by atoms with van der Waals surface area (Å²) in [6, 6.07) is 93.8. The second kappa shape index (κ2) is 17.9. The van der Waals surface area contributed by atoms with Gasteiger partial charge in [-0.05, 0) is 65.8 Å². The van der Waals surface area contributed by atoms with Crippen molar-refractivity contribution >= 4 is 63.4 Å². The quantitative estimate of drug-likeness (QED) is 0.0717. The van der Waals surface area contributed by atoms with Crippen molar-refractivity contribution in [2.75, 3.05) is 0 Å². The maximum Gasteiger partial charge on any atom is 0.229 e. The van der Waals surface area contributed by atoms with Crippen LogP contribution in [0.1, 0.15) is 16.2 Å². The molecule has 64 heavy (non-hydrogen) atoms. The number of aromatic nitrogens is 2. The van der Waals surface area contributed by atoms with Crippen molar-refractivity contribution in [2.24, 2.45) is 0 Å². The van der Waals surface area contributed by atoms with Gasteiger partial charge < -0.3 is 0 Å². The van der Waals surface area contributed by atoms with E-state index in [4.69, 9.17) is 9.97 Å². The van der Waals surface area contributed by atoms with Gasteiger partial charge in [0.2, 0.25) is 5.78 Å². The van der Waals surface area contributed by atoms with Crippen LogP contribution >= 0.6 is 0 Å². The van der Waals surface area contributed by atoms with E-state index in [1.807, 2.05) is 36.4 Å². The molecule has 0 aliphatic rings. The fourth-order valence-corrected chi connectivity index (χ4v) is 19.1. The van der Waals surface area contributed by atoms with E-state index >= 15 is 4.79 Å².